The third-order valence-corrected chi connectivity index (χ3v) is 3.86. The number of nitrogens with zero attached hydrogens (tertiary/aromatic N) is 3. The van der Waals surface area contributed by atoms with E-state index in [0.717, 1.165) is 43.7 Å². The smallest absolute Gasteiger partial charge is 4.00 e. The van der Waals surface area contributed by atoms with Gasteiger partial charge in [-0.1, -0.05) is 41.5 Å². The Morgan fingerprint density at radius 3 is 1.04 bits per heavy atom. The molecule has 0 radical (unpaired) electrons. The van der Waals surface area contributed by atoms with Crippen LogP contribution < -0.4 is 4.40 Å². The van der Waals surface area contributed by atoms with Crippen LogP contribution in [0.3, 0.4) is 0 Å². The van der Waals surface area contributed by atoms with Gasteiger partial charge in [0.25, 0.3) is 0 Å². The van der Waals surface area contributed by atoms with E-state index in [2.05, 4.69) is 16.0 Å². The first-order valence-electron chi connectivity index (χ1n) is 8.34. The fourth-order valence-electron chi connectivity index (χ4n) is 1.17. The van der Waals surface area contributed by atoms with Gasteiger partial charge in [-0.25, -0.2) is 0 Å². The van der Waals surface area contributed by atoms with Crippen molar-refractivity contribution in [1.82, 2.24) is 0 Å². The first-order valence-corrected chi connectivity index (χ1v) is 10.9. The van der Waals surface area contributed by atoms with Gasteiger partial charge in [0.2, 0.25) is 0 Å². The predicted molar refractivity (Wildman–Crippen MR) is 105 cm³/mol. The Kier molecular flexibility index (Phi) is 46.4. The van der Waals surface area contributed by atoms with Gasteiger partial charge in [-0.2, -0.15) is 39.3 Å². The summed E-state index contributed by atoms with van der Waals surface area (Å²) in [5.41, 5.74) is 0. The third-order valence-electron chi connectivity index (χ3n) is 2.23. The van der Waals surface area contributed by atoms with Crippen LogP contribution in [-0.4, -0.2) is 55.2 Å². The molecule has 0 saturated carbocycles. The molecule has 0 N–H and O–H groups in total. The van der Waals surface area contributed by atoms with Crippen LogP contribution in [0.5, 0.6) is 0 Å². The van der Waals surface area contributed by atoms with Gasteiger partial charge < -0.3 is 16.0 Å². The molecule has 0 bridgehead atoms. The van der Waals surface area contributed by atoms with Crippen LogP contribution in [0, 0.1) is 0 Å². The van der Waals surface area contributed by atoms with E-state index < -0.39 is 15.9 Å². The average Bonchev–Trinajstić information content (AvgIpc) is 3.05. The molecular formula is C17H36FGeHfN3. The van der Waals surface area contributed by atoms with Crippen molar-refractivity contribution in [2.24, 2.45) is 0 Å². The maximum atomic E-state index is 11.7. The van der Waals surface area contributed by atoms with Crippen molar-refractivity contribution in [3.05, 3.63) is 40.2 Å². The van der Waals surface area contributed by atoms with E-state index >= 15 is 0 Å². The molecule has 0 atom stereocenters. The maximum absolute atomic E-state index is 11.7. The summed E-state index contributed by atoms with van der Waals surface area (Å²) >= 11 is -1.73. The monoisotopic (exact) mass is 555 g/mol. The van der Waals surface area contributed by atoms with Crippen molar-refractivity contribution in [1.29, 1.82) is 0 Å². The number of hydrogen-bond donors (Lipinski definition) is 0. The first kappa shape index (κ1) is 31.4. The molecule has 23 heavy (non-hydrogen) atoms. The van der Waals surface area contributed by atoms with Crippen LogP contribution in [0.4, 0.5) is 3.50 Å². The molecule has 0 fully saturated rings. The zero-order valence-corrected chi connectivity index (χ0v) is 22.5. The van der Waals surface area contributed by atoms with Crippen molar-refractivity contribution >= 4 is 20.3 Å². The van der Waals surface area contributed by atoms with Crippen LogP contribution >= 0.6 is 0 Å². The van der Waals surface area contributed by atoms with Crippen LogP contribution in [0.2, 0.25) is 0 Å². The predicted octanol–water partition coefficient (Wildman–Crippen LogP) is 4.28. The number of rotatable bonds is 7. The fourth-order valence-corrected chi connectivity index (χ4v) is 2.12. The Bertz CT molecular complexity index is 230. The average molecular weight is 553 g/mol. The SMILES string of the molecule is CC[N-]CC.CC[N-]CC.CC[N-]CC.[F][GeH2][c-]1cccc1.[Hf+4]. The van der Waals surface area contributed by atoms with Gasteiger partial charge in [0.1, 0.15) is 0 Å². The second-order valence-corrected chi connectivity index (χ2v) is 6.27. The van der Waals surface area contributed by atoms with Crippen LogP contribution in [-0.2, 0) is 25.8 Å². The van der Waals surface area contributed by atoms with Crippen LogP contribution in [0.25, 0.3) is 16.0 Å². The summed E-state index contributed by atoms with van der Waals surface area (Å²) in [7, 11) is 0. The molecule has 0 heterocycles. The Hall–Kier alpha value is 0.573. The van der Waals surface area contributed by atoms with E-state index in [1.807, 2.05) is 65.8 Å². The van der Waals surface area contributed by atoms with Crippen molar-refractivity contribution < 1.29 is 29.3 Å². The van der Waals surface area contributed by atoms with Gasteiger partial charge in [-0.05, 0) is 0 Å². The normalized spacial score (nSPS) is 8.83. The summed E-state index contributed by atoms with van der Waals surface area (Å²) in [5, 5.41) is 11.9. The van der Waals surface area contributed by atoms with E-state index in [4.69, 9.17) is 0 Å². The minimum Gasteiger partial charge on any atom is 4.00 e. The molecule has 1 aromatic rings. The quantitative estimate of drug-likeness (QED) is 0.358. The van der Waals surface area contributed by atoms with E-state index in [1.54, 1.807) is 0 Å². The fraction of sp³-hybridized carbons (Fsp3) is 0.706. The molecule has 0 aliphatic heterocycles. The Morgan fingerprint density at radius 1 is 0.696 bits per heavy atom. The second-order valence-electron chi connectivity index (χ2n) is 3.99. The van der Waals surface area contributed by atoms with Gasteiger partial charge >= 0.3 is 73.9 Å². The molecular weight excluding hydrogens is 516 g/mol. The van der Waals surface area contributed by atoms with Crippen LogP contribution in [0.15, 0.2) is 24.3 Å². The summed E-state index contributed by atoms with van der Waals surface area (Å²) < 4.78 is 12.7. The van der Waals surface area contributed by atoms with Crippen molar-refractivity contribution in [3.8, 4) is 0 Å². The molecule has 0 saturated heterocycles. The van der Waals surface area contributed by atoms with Gasteiger partial charge in [0.05, 0.1) is 0 Å². The summed E-state index contributed by atoms with van der Waals surface area (Å²) in [6.45, 7) is 18.1. The van der Waals surface area contributed by atoms with E-state index in [9.17, 15) is 3.50 Å². The maximum Gasteiger partial charge on any atom is 4.00 e. The minimum atomic E-state index is -1.73. The largest absolute Gasteiger partial charge is 4.00 e. The van der Waals surface area contributed by atoms with Gasteiger partial charge in [0, 0.05) is 0 Å². The molecule has 3 nitrogen and oxygen atoms in total. The van der Waals surface area contributed by atoms with E-state index in [0.29, 0.717) is 0 Å². The van der Waals surface area contributed by atoms with Crippen LogP contribution in [0.1, 0.15) is 41.5 Å². The molecule has 0 unspecified atom stereocenters. The molecule has 6 heteroatoms. The Morgan fingerprint density at radius 2 is 0.957 bits per heavy atom. The van der Waals surface area contributed by atoms with Crippen molar-refractivity contribution in [2.45, 2.75) is 41.5 Å². The molecule has 0 amide bonds. The standard InChI is InChI=1S/C5H6FGe.3C4H10N.Hf/c6-7-5-3-1-2-4-5;3*1-3-5-4-2;/h1-4H,7H2;3*3-4H2,1-2H3;/q4*-1;+4. The summed E-state index contributed by atoms with van der Waals surface area (Å²) in [5.74, 6) is 0. The van der Waals surface area contributed by atoms with Gasteiger partial charge in [-0.3, -0.25) is 0 Å². The molecule has 0 aliphatic carbocycles. The molecule has 1 aromatic carbocycles. The second kappa shape index (κ2) is 34.0. The molecule has 1 rings (SSSR count). The number of hydrogen-bond acceptors (Lipinski definition) is 0. The van der Waals surface area contributed by atoms with Gasteiger partial charge in [0.15, 0.2) is 0 Å². The minimum absolute atomic E-state index is 0. The zero-order valence-electron chi connectivity index (χ0n) is 16.0. The van der Waals surface area contributed by atoms with Crippen molar-refractivity contribution in [2.75, 3.05) is 39.3 Å². The summed E-state index contributed by atoms with van der Waals surface area (Å²) in [6.07, 6.45) is 0. The third kappa shape index (κ3) is 39.4. The van der Waals surface area contributed by atoms with Crippen molar-refractivity contribution in [3.63, 3.8) is 0 Å². The van der Waals surface area contributed by atoms with E-state index in [1.165, 1.54) is 0 Å². The number of halogens is 1. The zero-order chi connectivity index (χ0) is 17.5. The molecule has 0 aromatic heterocycles. The topological polar surface area (TPSA) is 42.3 Å². The summed E-state index contributed by atoms with van der Waals surface area (Å²) in [4.78, 5) is 0. The summed E-state index contributed by atoms with van der Waals surface area (Å²) in [6, 6.07) is 7.44. The first-order chi connectivity index (χ1) is 10.7. The van der Waals surface area contributed by atoms with Gasteiger partial charge in [-0.15, -0.1) is 0 Å². The molecule has 0 aliphatic rings. The molecule has 0 spiro atoms. The Labute approximate surface area is 170 Å². The Balaban J connectivity index is -0.000000105. The molecule has 134 valence electrons. The van der Waals surface area contributed by atoms with E-state index in [-0.39, 0.29) is 25.8 Å².